The Bertz CT molecular complexity index is 401. The number of carbonyl (C=O) groups excluding carboxylic acids is 1. The Morgan fingerprint density at radius 2 is 2.21 bits per heavy atom. The highest BCUT2D eigenvalue weighted by molar-refractivity contribution is 7.16. The van der Waals surface area contributed by atoms with Crippen molar-refractivity contribution in [2.45, 2.75) is 27.2 Å². The van der Waals surface area contributed by atoms with Crippen molar-refractivity contribution in [1.29, 1.82) is 5.26 Å². The molecule has 0 aromatic carbocycles. The Hall–Kier alpha value is -1.34. The first kappa shape index (κ1) is 10.7. The highest BCUT2D eigenvalue weighted by atomic mass is 32.1. The largest absolute Gasteiger partial charge is 0.317 e. The van der Waals surface area contributed by atoms with Gasteiger partial charge in [-0.3, -0.25) is 4.79 Å². The zero-order valence-electron chi connectivity index (χ0n) is 8.47. The van der Waals surface area contributed by atoms with Gasteiger partial charge in [-0.25, -0.2) is 0 Å². The number of aryl methyl sites for hydroxylation is 1. The van der Waals surface area contributed by atoms with E-state index in [1.165, 1.54) is 11.3 Å². The molecule has 1 heterocycles. The van der Waals surface area contributed by atoms with Crippen molar-refractivity contribution in [3.8, 4) is 6.07 Å². The minimum Gasteiger partial charge on any atom is -0.317 e. The molecule has 0 unspecified atom stereocenters. The Balaban J connectivity index is 3.04. The van der Waals surface area contributed by atoms with Gasteiger partial charge in [-0.1, -0.05) is 6.92 Å². The third-order valence-corrected chi connectivity index (χ3v) is 3.19. The molecule has 1 aromatic rings. The van der Waals surface area contributed by atoms with Gasteiger partial charge >= 0.3 is 0 Å². The summed E-state index contributed by atoms with van der Waals surface area (Å²) in [7, 11) is 0. The van der Waals surface area contributed by atoms with Gasteiger partial charge in [0.1, 0.15) is 11.1 Å². The lowest BCUT2D eigenvalue weighted by Gasteiger charge is -1.99. The van der Waals surface area contributed by atoms with Crippen LogP contribution >= 0.6 is 11.3 Å². The Kier molecular flexibility index (Phi) is 3.26. The van der Waals surface area contributed by atoms with Crippen molar-refractivity contribution < 1.29 is 4.79 Å². The molecular weight excluding hydrogens is 196 g/mol. The molecule has 0 spiro atoms. The second kappa shape index (κ2) is 4.25. The molecule has 0 saturated heterocycles. The summed E-state index contributed by atoms with van der Waals surface area (Å²) in [5.74, 6) is -0.0530. The molecular formula is C10H12N2OS. The molecule has 1 amide bonds. The molecule has 0 aliphatic heterocycles. The first-order valence-corrected chi connectivity index (χ1v) is 5.21. The summed E-state index contributed by atoms with van der Waals surface area (Å²) in [6, 6.07) is 2.11. The molecule has 4 heteroatoms. The van der Waals surface area contributed by atoms with Gasteiger partial charge in [-0.2, -0.15) is 5.26 Å². The smallest absolute Gasteiger partial charge is 0.224 e. The van der Waals surface area contributed by atoms with Crippen LogP contribution in [-0.4, -0.2) is 5.91 Å². The number of nitrogens with one attached hydrogen (secondary N) is 1. The summed E-state index contributed by atoms with van der Waals surface area (Å²) in [4.78, 5) is 12.2. The van der Waals surface area contributed by atoms with Crippen LogP contribution in [0.3, 0.4) is 0 Å². The number of anilines is 1. The van der Waals surface area contributed by atoms with E-state index in [4.69, 9.17) is 5.26 Å². The third-order valence-electron chi connectivity index (χ3n) is 2.07. The van der Waals surface area contributed by atoms with Crippen LogP contribution in [0, 0.1) is 25.2 Å². The van der Waals surface area contributed by atoms with Crippen molar-refractivity contribution in [3.63, 3.8) is 0 Å². The Morgan fingerprint density at radius 1 is 1.57 bits per heavy atom. The van der Waals surface area contributed by atoms with Gasteiger partial charge in [-0.15, -0.1) is 11.3 Å². The van der Waals surface area contributed by atoms with Crippen LogP contribution in [0.2, 0.25) is 0 Å². The lowest BCUT2D eigenvalue weighted by Crippen LogP contribution is -2.09. The number of nitriles is 1. The molecule has 0 aliphatic carbocycles. The lowest BCUT2D eigenvalue weighted by atomic mass is 10.2. The van der Waals surface area contributed by atoms with E-state index in [9.17, 15) is 4.79 Å². The lowest BCUT2D eigenvalue weighted by molar-refractivity contribution is -0.115. The molecule has 0 bridgehead atoms. The van der Waals surface area contributed by atoms with Gasteiger partial charge in [0, 0.05) is 11.3 Å². The standard InChI is InChI=1S/C10H12N2OS/c1-4-9(13)12-10-8(5-11)6(2)7(3)14-10/h4H2,1-3H3,(H,12,13). The Morgan fingerprint density at radius 3 is 2.71 bits per heavy atom. The van der Waals surface area contributed by atoms with Crippen LogP contribution in [0.4, 0.5) is 5.00 Å². The molecule has 0 fully saturated rings. The van der Waals surface area contributed by atoms with Crippen molar-refractivity contribution in [2.24, 2.45) is 0 Å². The minimum atomic E-state index is -0.0530. The first-order chi connectivity index (χ1) is 6.60. The predicted octanol–water partition coefficient (Wildman–Crippen LogP) is 2.59. The molecule has 0 atom stereocenters. The van der Waals surface area contributed by atoms with E-state index in [0.717, 1.165) is 10.4 Å². The second-order valence-corrected chi connectivity index (χ2v) is 4.23. The number of hydrogen-bond donors (Lipinski definition) is 1. The van der Waals surface area contributed by atoms with Crippen LogP contribution in [0.1, 0.15) is 29.3 Å². The van der Waals surface area contributed by atoms with Crippen molar-refractivity contribution in [3.05, 3.63) is 16.0 Å². The molecule has 0 saturated carbocycles. The number of thiophene rings is 1. The van der Waals surface area contributed by atoms with Crippen molar-refractivity contribution in [2.75, 3.05) is 5.32 Å². The maximum atomic E-state index is 11.2. The van der Waals surface area contributed by atoms with E-state index >= 15 is 0 Å². The van der Waals surface area contributed by atoms with Crippen LogP contribution in [0.25, 0.3) is 0 Å². The molecule has 74 valence electrons. The maximum Gasteiger partial charge on any atom is 0.224 e. The first-order valence-electron chi connectivity index (χ1n) is 4.40. The zero-order chi connectivity index (χ0) is 10.7. The number of amides is 1. The monoisotopic (exact) mass is 208 g/mol. The molecule has 0 radical (unpaired) electrons. The van der Waals surface area contributed by atoms with Gasteiger partial charge < -0.3 is 5.32 Å². The fourth-order valence-corrected chi connectivity index (χ4v) is 2.09. The number of carbonyl (C=O) groups is 1. The van der Waals surface area contributed by atoms with Crippen LogP contribution in [-0.2, 0) is 4.79 Å². The summed E-state index contributed by atoms with van der Waals surface area (Å²) in [6.07, 6.45) is 0.431. The molecule has 1 aromatic heterocycles. The fourth-order valence-electron chi connectivity index (χ4n) is 1.06. The summed E-state index contributed by atoms with van der Waals surface area (Å²) in [5.41, 5.74) is 1.55. The van der Waals surface area contributed by atoms with E-state index in [2.05, 4.69) is 11.4 Å². The number of hydrogen-bond acceptors (Lipinski definition) is 3. The van der Waals surface area contributed by atoms with E-state index in [1.807, 2.05) is 13.8 Å². The molecule has 1 rings (SSSR count). The van der Waals surface area contributed by atoms with Gasteiger partial charge in [0.05, 0.1) is 5.56 Å². The van der Waals surface area contributed by atoms with E-state index < -0.39 is 0 Å². The summed E-state index contributed by atoms with van der Waals surface area (Å²) in [5, 5.41) is 12.3. The van der Waals surface area contributed by atoms with Crippen molar-refractivity contribution in [1.82, 2.24) is 0 Å². The van der Waals surface area contributed by atoms with Crippen LogP contribution in [0.5, 0.6) is 0 Å². The van der Waals surface area contributed by atoms with E-state index in [1.54, 1.807) is 6.92 Å². The Labute approximate surface area is 87.4 Å². The molecule has 3 nitrogen and oxygen atoms in total. The highest BCUT2D eigenvalue weighted by Crippen LogP contribution is 2.31. The van der Waals surface area contributed by atoms with Crippen molar-refractivity contribution >= 4 is 22.2 Å². The quantitative estimate of drug-likeness (QED) is 0.812. The molecule has 1 N–H and O–H groups in total. The normalized spacial score (nSPS) is 9.57. The van der Waals surface area contributed by atoms with Gasteiger partial charge in [0.2, 0.25) is 5.91 Å². The van der Waals surface area contributed by atoms with E-state index in [0.29, 0.717) is 17.0 Å². The topological polar surface area (TPSA) is 52.9 Å². The summed E-state index contributed by atoms with van der Waals surface area (Å²) in [6.45, 7) is 5.63. The van der Waals surface area contributed by atoms with Crippen LogP contribution in [0.15, 0.2) is 0 Å². The van der Waals surface area contributed by atoms with Crippen LogP contribution < -0.4 is 5.32 Å². The predicted molar refractivity (Wildman–Crippen MR) is 57.4 cm³/mol. The van der Waals surface area contributed by atoms with E-state index in [-0.39, 0.29) is 5.91 Å². The number of rotatable bonds is 2. The minimum absolute atomic E-state index is 0.0530. The third kappa shape index (κ3) is 1.94. The van der Waals surface area contributed by atoms with Gasteiger partial charge in [0.15, 0.2) is 0 Å². The number of nitrogens with zero attached hydrogens (tertiary/aromatic N) is 1. The second-order valence-electron chi connectivity index (χ2n) is 3.00. The average molecular weight is 208 g/mol. The molecule has 0 aliphatic rings. The summed E-state index contributed by atoms with van der Waals surface area (Å²) >= 11 is 1.45. The highest BCUT2D eigenvalue weighted by Gasteiger charge is 2.13. The zero-order valence-corrected chi connectivity index (χ0v) is 9.29. The maximum absolute atomic E-state index is 11.2. The molecule has 14 heavy (non-hydrogen) atoms. The SMILES string of the molecule is CCC(=O)Nc1sc(C)c(C)c1C#N. The summed E-state index contributed by atoms with van der Waals surface area (Å²) < 4.78 is 0. The fraction of sp³-hybridized carbons (Fsp3) is 0.400. The van der Waals surface area contributed by atoms with Gasteiger partial charge in [-0.05, 0) is 19.4 Å². The van der Waals surface area contributed by atoms with Gasteiger partial charge in [0.25, 0.3) is 0 Å². The average Bonchev–Trinajstić information content (AvgIpc) is 2.42.